The Bertz CT molecular complexity index is 1680. The number of nitrogens with one attached hydrogen (secondary N) is 3. The molecular formula is C28H23N7O4S. The molecule has 0 fully saturated rings. The quantitative estimate of drug-likeness (QED) is 0.261. The van der Waals surface area contributed by atoms with Crippen LogP contribution in [0.2, 0.25) is 0 Å². The Morgan fingerprint density at radius 2 is 1.75 bits per heavy atom. The Morgan fingerprint density at radius 1 is 1.02 bits per heavy atom. The molecule has 0 unspecified atom stereocenters. The fraction of sp³-hybridized carbons (Fsp3) is 0.143. The average Bonchev–Trinajstić information content (AvgIpc) is 3.35. The molecule has 4 heterocycles. The average molecular weight is 554 g/mol. The fourth-order valence-electron chi connectivity index (χ4n) is 4.65. The van der Waals surface area contributed by atoms with E-state index in [0.717, 1.165) is 12.8 Å². The van der Waals surface area contributed by atoms with Crippen molar-refractivity contribution in [2.24, 2.45) is 0 Å². The van der Waals surface area contributed by atoms with Crippen LogP contribution in [0.3, 0.4) is 0 Å². The Kier molecular flexibility index (Phi) is 6.66. The van der Waals surface area contributed by atoms with Crippen molar-refractivity contribution >= 4 is 56.5 Å². The predicted octanol–water partition coefficient (Wildman–Crippen LogP) is 5.38. The van der Waals surface area contributed by atoms with Gasteiger partial charge in [0, 0.05) is 17.6 Å². The van der Waals surface area contributed by atoms with Crippen molar-refractivity contribution in [2.75, 3.05) is 10.2 Å². The van der Waals surface area contributed by atoms with Crippen LogP contribution in [0.5, 0.6) is 11.8 Å². The molecule has 11 nitrogen and oxygen atoms in total. The molecule has 0 spiro atoms. The van der Waals surface area contributed by atoms with Gasteiger partial charge in [0.05, 0.1) is 34.8 Å². The molecule has 0 saturated carbocycles. The number of rotatable bonds is 7. The number of benzene rings is 1. The highest BCUT2D eigenvalue weighted by Crippen LogP contribution is 2.45. The molecule has 2 aliphatic rings. The van der Waals surface area contributed by atoms with Gasteiger partial charge in [-0.15, -0.1) is 11.3 Å². The van der Waals surface area contributed by atoms with Crippen molar-refractivity contribution in [3.63, 3.8) is 0 Å². The lowest BCUT2D eigenvalue weighted by atomic mass is 10.0. The van der Waals surface area contributed by atoms with Gasteiger partial charge in [0.2, 0.25) is 5.91 Å². The van der Waals surface area contributed by atoms with Crippen LogP contribution in [0.25, 0.3) is 10.2 Å². The number of nitrogens with zero attached hydrogens (tertiary/aromatic N) is 4. The van der Waals surface area contributed by atoms with E-state index in [2.05, 4.69) is 37.5 Å². The summed E-state index contributed by atoms with van der Waals surface area (Å²) in [5.74, 6) is -0.120. The van der Waals surface area contributed by atoms with Crippen molar-refractivity contribution < 1.29 is 19.1 Å². The van der Waals surface area contributed by atoms with E-state index in [0.29, 0.717) is 62.1 Å². The summed E-state index contributed by atoms with van der Waals surface area (Å²) < 4.78 is 5.66. The zero-order chi connectivity index (χ0) is 27.6. The fourth-order valence-corrected chi connectivity index (χ4v) is 5.66. The summed E-state index contributed by atoms with van der Waals surface area (Å²) in [7, 11) is 0. The van der Waals surface area contributed by atoms with Crippen molar-refractivity contribution in [3.8, 4) is 11.8 Å². The summed E-state index contributed by atoms with van der Waals surface area (Å²) in [6.07, 6.45) is 8.83. The monoisotopic (exact) mass is 553 g/mol. The number of carbonyl (C=O) groups is 3. The van der Waals surface area contributed by atoms with Gasteiger partial charge in [0.1, 0.15) is 15.5 Å². The predicted molar refractivity (Wildman–Crippen MR) is 151 cm³/mol. The number of ether oxygens (including phenoxy) is 1. The first-order valence-electron chi connectivity index (χ1n) is 12.6. The third-order valence-corrected chi connectivity index (χ3v) is 7.57. The van der Waals surface area contributed by atoms with Crippen molar-refractivity contribution in [1.82, 2.24) is 25.6 Å². The second kappa shape index (κ2) is 10.6. The molecular weight excluding hydrogens is 530 g/mol. The molecule has 3 aromatic heterocycles. The molecule has 6 rings (SSSR count). The third-order valence-electron chi connectivity index (χ3n) is 6.47. The van der Waals surface area contributed by atoms with Crippen LogP contribution < -0.4 is 25.6 Å². The number of aromatic nitrogens is 3. The van der Waals surface area contributed by atoms with Gasteiger partial charge in [-0.2, -0.15) is 0 Å². The van der Waals surface area contributed by atoms with Gasteiger partial charge in [-0.25, -0.2) is 19.7 Å². The number of anilines is 3. The van der Waals surface area contributed by atoms with Gasteiger partial charge in [0.25, 0.3) is 5.91 Å². The van der Waals surface area contributed by atoms with Crippen molar-refractivity contribution in [2.45, 2.75) is 25.7 Å². The van der Waals surface area contributed by atoms with Gasteiger partial charge >= 0.3 is 12.0 Å². The maximum atomic E-state index is 13.4. The second-order valence-corrected chi connectivity index (χ2v) is 10.0. The van der Waals surface area contributed by atoms with Crippen molar-refractivity contribution in [3.05, 3.63) is 83.9 Å². The molecule has 4 aromatic rings. The first-order valence-corrected chi connectivity index (χ1v) is 13.4. The molecule has 3 N–H and O–H groups in total. The van der Waals surface area contributed by atoms with Crippen LogP contribution in [0, 0.1) is 0 Å². The van der Waals surface area contributed by atoms with Gasteiger partial charge in [-0.1, -0.05) is 24.8 Å². The van der Waals surface area contributed by atoms with E-state index in [1.54, 1.807) is 24.4 Å². The second-order valence-electron chi connectivity index (χ2n) is 9.03. The highest BCUT2D eigenvalue weighted by molar-refractivity contribution is 7.21. The smallest absolute Gasteiger partial charge is 0.331 e. The lowest BCUT2D eigenvalue weighted by Crippen LogP contribution is -2.35. The van der Waals surface area contributed by atoms with Gasteiger partial charge in [0.15, 0.2) is 0 Å². The van der Waals surface area contributed by atoms with Gasteiger partial charge in [-0.3, -0.25) is 14.5 Å². The van der Waals surface area contributed by atoms with Crippen molar-refractivity contribution in [1.29, 1.82) is 0 Å². The SMILES string of the molecule is C=CC(=O)NC1=C(NC(=O)c2sc3nccc4c3c2NC(=O)N4c2cnc(Oc3ccccc3)nc2)CCCC1. The Morgan fingerprint density at radius 3 is 2.48 bits per heavy atom. The van der Waals surface area contributed by atoms with E-state index in [9.17, 15) is 14.4 Å². The summed E-state index contributed by atoms with van der Waals surface area (Å²) in [4.78, 5) is 54.0. The van der Waals surface area contributed by atoms with Crippen LogP contribution >= 0.6 is 11.3 Å². The zero-order valence-electron chi connectivity index (χ0n) is 21.1. The van der Waals surface area contributed by atoms with E-state index in [1.165, 1.54) is 34.7 Å². The molecule has 12 heteroatoms. The Labute approximate surface area is 232 Å². The number of urea groups is 1. The number of pyridine rings is 1. The number of hydrogen-bond donors (Lipinski definition) is 3. The van der Waals surface area contributed by atoms with Crippen LogP contribution in [0.1, 0.15) is 35.4 Å². The molecule has 4 amide bonds. The van der Waals surface area contributed by atoms with Gasteiger partial charge in [-0.05, 0) is 50.0 Å². The molecule has 200 valence electrons. The molecule has 0 radical (unpaired) electrons. The number of allylic oxidation sites excluding steroid dienone is 2. The Balaban J connectivity index is 1.31. The van der Waals surface area contributed by atoms with Crippen LogP contribution in [-0.4, -0.2) is 32.8 Å². The van der Waals surface area contributed by atoms with E-state index in [4.69, 9.17) is 4.74 Å². The molecule has 1 aliphatic heterocycles. The molecule has 40 heavy (non-hydrogen) atoms. The summed E-state index contributed by atoms with van der Waals surface area (Å²) in [6, 6.07) is 10.5. The number of amides is 4. The standard InChI is InChI=1S/C28H23N7O4S/c1-2-21(36)32-18-10-6-7-11-19(18)33-25(37)24-23-22-20(12-13-29-26(22)40-24)35(28(38)34-23)16-14-30-27(31-15-16)39-17-8-4-3-5-9-17/h2-5,8-9,12-15H,1,6-7,10-11H2,(H,32,36)(H,33,37)(H,34,38). The maximum Gasteiger partial charge on any atom is 0.331 e. The summed E-state index contributed by atoms with van der Waals surface area (Å²) in [5, 5.41) is 9.25. The summed E-state index contributed by atoms with van der Waals surface area (Å²) in [5.41, 5.74) is 2.69. The van der Waals surface area contributed by atoms with Crippen LogP contribution in [0.4, 0.5) is 21.9 Å². The third kappa shape index (κ3) is 4.76. The van der Waals surface area contributed by atoms with Gasteiger partial charge < -0.3 is 20.7 Å². The minimum atomic E-state index is -0.469. The number of carbonyl (C=O) groups excluding carboxylic acids is 3. The first kappa shape index (κ1) is 25.2. The Hall–Kier alpha value is -5.10. The topological polar surface area (TPSA) is 138 Å². The van der Waals surface area contributed by atoms with E-state index in [-0.39, 0.29) is 17.8 Å². The molecule has 1 aliphatic carbocycles. The van der Waals surface area contributed by atoms with E-state index >= 15 is 0 Å². The molecule has 0 atom stereocenters. The largest absolute Gasteiger partial charge is 0.424 e. The number of hydrogen-bond acceptors (Lipinski definition) is 8. The highest BCUT2D eigenvalue weighted by Gasteiger charge is 2.33. The number of para-hydroxylation sites is 1. The first-order chi connectivity index (χ1) is 19.5. The normalized spacial score (nSPS) is 14.5. The molecule has 0 bridgehead atoms. The van der Waals surface area contributed by atoms with Crippen LogP contribution in [-0.2, 0) is 4.79 Å². The molecule has 1 aromatic carbocycles. The zero-order valence-corrected chi connectivity index (χ0v) is 22.0. The number of thiophene rings is 1. The lowest BCUT2D eigenvalue weighted by Gasteiger charge is -2.28. The lowest BCUT2D eigenvalue weighted by molar-refractivity contribution is -0.115. The maximum absolute atomic E-state index is 13.4. The summed E-state index contributed by atoms with van der Waals surface area (Å²) >= 11 is 1.18. The minimum absolute atomic E-state index is 0.142. The summed E-state index contributed by atoms with van der Waals surface area (Å²) in [6.45, 7) is 3.49. The van der Waals surface area contributed by atoms with Crippen LogP contribution in [0.15, 0.2) is 79.0 Å². The highest BCUT2D eigenvalue weighted by atomic mass is 32.1. The van der Waals surface area contributed by atoms with E-state index < -0.39 is 6.03 Å². The van der Waals surface area contributed by atoms with E-state index in [1.807, 2.05) is 18.2 Å². The molecule has 0 saturated heterocycles. The minimum Gasteiger partial charge on any atom is -0.424 e.